The Labute approximate surface area is 236 Å². The van der Waals surface area contributed by atoms with Crippen LogP contribution in [0, 0.1) is 0 Å². The molecule has 3 amide bonds. The Balaban J connectivity index is 1.73. The molecule has 0 aliphatic carbocycles. The molecule has 0 bridgehead atoms. The molecule has 2 aromatic carbocycles. The molecule has 212 valence electrons. The predicted octanol–water partition coefficient (Wildman–Crippen LogP) is 4.33. The van der Waals surface area contributed by atoms with Gasteiger partial charge < -0.3 is 16.4 Å². The van der Waals surface area contributed by atoms with E-state index in [9.17, 15) is 14.4 Å². The first-order chi connectivity index (χ1) is 19.1. The van der Waals surface area contributed by atoms with E-state index in [0.717, 1.165) is 24.1 Å². The number of aryl methyl sites for hydroxylation is 1. The zero-order valence-corrected chi connectivity index (χ0v) is 24.2. The van der Waals surface area contributed by atoms with Crippen LogP contribution in [-0.4, -0.2) is 33.5 Å². The molecule has 0 spiro atoms. The van der Waals surface area contributed by atoms with E-state index in [-0.39, 0.29) is 23.8 Å². The lowest BCUT2D eigenvalue weighted by Crippen LogP contribution is -2.59. The van der Waals surface area contributed by atoms with Crippen molar-refractivity contribution < 1.29 is 14.4 Å². The van der Waals surface area contributed by atoms with E-state index in [1.165, 1.54) is 5.56 Å². The third-order valence-electron chi connectivity index (χ3n) is 8.30. The standard InChI is InChI=1S/C32H41N5O3/c1-6-21-14-16-24(17-15-21)32(8-3,30(40)35-26(7-2)28(33)38)36-29(39)25-20-34-37-27(25)18-23(19-31(37,4)5)22-12-10-9-11-13-22/h9-17,20,23,26H,6-8,18-19H2,1-5H3,(H2,33,38)(H,35,40)(H,36,39)/t23-,26?,32?/m0/s1. The molecule has 2 unspecified atom stereocenters. The summed E-state index contributed by atoms with van der Waals surface area (Å²) in [5.41, 5.74) is 8.12. The molecule has 0 radical (unpaired) electrons. The molecule has 0 saturated heterocycles. The molecule has 2 heterocycles. The normalized spacial score (nSPS) is 18.2. The smallest absolute Gasteiger partial charge is 0.255 e. The van der Waals surface area contributed by atoms with Gasteiger partial charge in [-0.2, -0.15) is 5.10 Å². The van der Waals surface area contributed by atoms with Crippen molar-refractivity contribution in [2.75, 3.05) is 0 Å². The van der Waals surface area contributed by atoms with Gasteiger partial charge in [0.25, 0.3) is 11.8 Å². The van der Waals surface area contributed by atoms with Crippen LogP contribution in [0.3, 0.4) is 0 Å². The van der Waals surface area contributed by atoms with Crippen LogP contribution in [0.2, 0.25) is 0 Å². The van der Waals surface area contributed by atoms with Crippen LogP contribution in [0.15, 0.2) is 60.8 Å². The van der Waals surface area contributed by atoms with Crippen LogP contribution in [0.4, 0.5) is 0 Å². The molecule has 4 N–H and O–H groups in total. The van der Waals surface area contributed by atoms with Gasteiger partial charge in [-0.1, -0.05) is 75.4 Å². The summed E-state index contributed by atoms with van der Waals surface area (Å²) in [6.07, 6.45) is 4.62. The van der Waals surface area contributed by atoms with Gasteiger partial charge in [0.15, 0.2) is 0 Å². The number of benzene rings is 2. The van der Waals surface area contributed by atoms with Gasteiger partial charge in [-0.15, -0.1) is 0 Å². The number of primary amides is 1. The Morgan fingerprint density at radius 2 is 1.75 bits per heavy atom. The number of carbonyl (C=O) groups is 3. The van der Waals surface area contributed by atoms with Crippen molar-refractivity contribution in [3.8, 4) is 0 Å². The van der Waals surface area contributed by atoms with Gasteiger partial charge in [0, 0.05) is 0 Å². The molecule has 0 saturated carbocycles. The largest absolute Gasteiger partial charge is 0.368 e. The molecule has 1 aliphatic rings. The third kappa shape index (κ3) is 5.53. The topological polar surface area (TPSA) is 119 Å². The second-order valence-electron chi connectivity index (χ2n) is 11.3. The van der Waals surface area contributed by atoms with Gasteiger partial charge in [-0.05, 0) is 68.6 Å². The quantitative estimate of drug-likeness (QED) is 0.353. The Kier molecular flexibility index (Phi) is 8.47. The summed E-state index contributed by atoms with van der Waals surface area (Å²) >= 11 is 0. The fourth-order valence-corrected chi connectivity index (χ4v) is 5.89. The predicted molar refractivity (Wildman–Crippen MR) is 156 cm³/mol. The molecule has 3 atom stereocenters. The summed E-state index contributed by atoms with van der Waals surface area (Å²) in [7, 11) is 0. The van der Waals surface area contributed by atoms with E-state index >= 15 is 0 Å². The second-order valence-corrected chi connectivity index (χ2v) is 11.3. The van der Waals surface area contributed by atoms with Gasteiger partial charge in [-0.25, -0.2) is 0 Å². The van der Waals surface area contributed by atoms with Crippen LogP contribution in [-0.2, 0) is 33.5 Å². The van der Waals surface area contributed by atoms with Crippen molar-refractivity contribution >= 4 is 17.7 Å². The van der Waals surface area contributed by atoms with E-state index in [2.05, 4.69) is 48.6 Å². The van der Waals surface area contributed by atoms with Crippen molar-refractivity contribution in [2.45, 2.75) is 89.8 Å². The van der Waals surface area contributed by atoms with Crippen LogP contribution < -0.4 is 16.4 Å². The lowest BCUT2D eigenvalue weighted by atomic mass is 9.79. The van der Waals surface area contributed by atoms with Gasteiger partial charge in [0.05, 0.1) is 23.0 Å². The molecule has 8 nitrogen and oxygen atoms in total. The summed E-state index contributed by atoms with van der Waals surface area (Å²) in [4.78, 5) is 40.0. The summed E-state index contributed by atoms with van der Waals surface area (Å²) < 4.78 is 1.95. The molecule has 0 fully saturated rings. The van der Waals surface area contributed by atoms with Crippen LogP contribution in [0.25, 0.3) is 0 Å². The van der Waals surface area contributed by atoms with Gasteiger partial charge in [0.2, 0.25) is 5.91 Å². The average molecular weight is 544 g/mol. The van der Waals surface area contributed by atoms with Crippen molar-refractivity contribution in [3.05, 3.63) is 88.7 Å². The molecular weight excluding hydrogens is 502 g/mol. The number of amides is 3. The summed E-state index contributed by atoms with van der Waals surface area (Å²) in [5, 5.41) is 10.5. The molecule has 8 heteroatoms. The number of hydrogen-bond donors (Lipinski definition) is 3. The maximum Gasteiger partial charge on any atom is 0.255 e. The maximum absolute atomic E-state index is 14.1. The molecule has 1 aliphatic heterocycles. The number of aromatic nitrogens is 2. The molecule has 40 heavy (non-hydrogen) atoms. The minimum atomic E-state index is -1.41. The first kappa shape index (κ1) is 29.1. The van der Waals surface area contributed by atoms with Gasteiger partial charge in [-0.3, -0.25) is 19.1 Å². The number of nitrogens with two attached hydrogens (primary N) is 1. The summed E-state index contributed by atoms with van der Waals surface area (Å²) in [6, 6.07) is 17.1. The lowest BCUT2D eigenvalue weighted by Gasteiger charge is -2.38. The number of hydrogen-bond acceptors (Lipinski definition) is 4. The number of nitrogens with one attached hydrogen (secondary N) is 2. The average Bonchev–Trinajstić information content (AvgIpc) is 3.40. The van der Waals surface area contributed by atoms with E-state index in [1.54, 1.807) is 13.1 Å². The van der Waals surface area contributed by atoms with Crippen LogP contribution >= 0.6 is 0 Å². The van der Waals surface area contributed by atoms with E-state index in [1.807, 2.05) is 54.1 Å². The number of carbonyl (C=O) groups excluding carboxylic acids is 3. The Morgan fingerprint density at radius 3 is 2.33 bits per heavy atom. The van der Waals surface area contributed by atoms with Gasteiger partial charge in [0.1, 0.15) is 11.6 Å². The van der Waals surface area contributed by atoms with Crippen LogP contribution in [0.5, 0.6) is 0 Å². The minimum absolute atomic E-state index is 0.230. The Bertz CT molecular complexity index is 1360. The monoisotopic (exact) mass is 543 g/mol. The molecular formula is C32H41N5O3. The van der Waals surface area contributed by atoms with E-state index in [4.69, 9.17) is 5.73 Å². The number of rotatable bonds is 10. The highest BCUT2D eigenvalue weighted by molar-refractivity contribution is 6.01. The number of fused-ring (bicyclic) bond motifs is 1. The summed E-state index contributed by atoms with van der Waals surface area (Å²) in [5.74, 6) is -1.24. The fraction of sp³-hybridized carbons (Fsp3) is 0.438. The summed E-state index contributed by atoms with van der Waals surface area (Å²) in [6.45, 7) is 9.95. The third-order valence-corrected chi connectivity index (χ3v) is 8.30. The van der Waals surface area contributed by atoms with Crippen LogP contribution in [0.1, 0.15) is 92.5 Å². The highest BCUT2D eigenvalue weighted by Gasteiger charge is 2.43. The SMILES string of the molecule is CCc1ccc(C(CC)(NC(=O)c2cnn3c2C[C@H](c2ccccc2)CC3(C)C)C(=O)NC(CC)C(N)=O)cc1. The molecule has 4 rings (SSSR count). The Morgan fingerprint density at radius 1 is 1.07 bits per heavy atom. The van der Waals surface area contributed by atoms with Crippen molar-refractivity contribution in [3.63, 3.8) is 0 Å². The zero-order valence-electron chi connectivity index (χ0n) is 24.2. The van der Waals surface area contributed by atoms with Crippen molar-refractivity contribution in [1.82, 2.24) is 20.4 Å². The first-order valence-corrected chi connectivity index (χ1v) is 14.2. The van der Waals surface area contributed by atoms with Gasteiger partial charge >= 0.3 is 0 Å². The molecule has 3 aromatic rings. The fourth-order valence-electron chi connectivity index (χ4n) is 5.89. The van der Waals surface area contributed by atoms with E-state index < -0.39 is 23.4 Å². The highest BCUT2D eigenvalue weighted by Crippen LogP contribution is 2.40. The lowest BCUT2D eigenvalue weighted by molar-refractivity contribution is -0.132. The minimum Gasteiger partial charge on any atom is -0.368 e. The van der Waals surface area contributed by atoms with Crippen molar-refractivity contribution in [2.24, 2.45) is 5.73 Å². The second kappa shape index (κ2) is 11.7. The van der Waals surface area contributed by atoms with Crippen molar-refractivity contribution in [1.29, 1.82) is 0 Å². The molecule has 1 aromatic heterocycles. The zero-order chi connectivity index (χ0) is 29.1. The van der Waals surface area contributed by atoms with E-state index in [0.29, 0.717) is 24.0 Å². The Hall–Kier alpha value is -3.94. The maximum atomic E-state index is 14.1. The first-order valence-electron chi connectivity index (χ1n) is 14.2. The highest BCUT2D eigenvalue weighted by atomic mass is 16.2. The number of nitrogens with zero attached hydrogens (tertiary/aromatic N) is 2.